The largest absolute Gasteiger partial charge is 0.497 e. The maximum absolute atomic E-state index is 12.3. The molecule has 0 unspecified atom stereocenters. The van der Waals surface area contributed by atoms with Gasteiger partial charge in [0.05, 0.1) is 7.11 Å². The molecule has 0 aliphatic rings. The smallest absolute Gasteiger partial charge is 0.318 e. The zero-order valence-corrected chi connectivity index (χ0v) is 16.5. The van der Waals surface area contributed by atoms with Gasteiger partial charge in [-0.3, -0.25) is 4.79 Å². The quantitative estimate of drug-likeness (QED) is 0.324. The average Bonchev–Trinajstić information content (AvgIpc) is 2.75. The van der Waals surface area contributed by atoms with Gasteiger partial charge in [0.15, 0.2) is 0 Å². The number of carboxylic acids is 1. The van der Waals surface area contributed by atoms with Gasteiger partial charge in [0.2, 0.25) is 0 Å². The van der Waals surface area contributed by atoms with Crippen LogP contribution in [0.2, 0.25) is 0 Å². The van der Waals surface area contributed by atoms with Crippen molar-refractivity contribution in [2.45, 2.75) is 12.3 Å². The van der Waals surface area contributed by atoms with Crippen molar-refractivity contribution in [2.24, 2.45) is 0 Å². The summed E-state index contributed by atoms with van der Waals surface area (Å²) >= 11 is 0. The van der Waals surface area contributed by atoms with E-state index in [9.17, 15) is 20.0 Å². The van der Waals surface area contributed by atoms with E-state index in [0.717, 1.165) is 16.5 Å². The molecule has 0 aliphatic heterocycles. The Morgan fingerprint density at radius 1 is 0.967 bits per heavy atom. The van der Waals surface area contributed by atoms with Crippen LogP contribution in [0.15, 0.2) is 60.7 Å². The number of aliphatic carboxylic acids is 1. The summed E-state index contributed by atoms with van der Waals surface area (Å²) in [6.45, 7) is 1.47. The summed E-state index contributed by atoms with van der Waals surface area (Å²) in [5, 5.41) is 21.2. The van der Waals surface area contributed by atoms with Gasteiger partial charge in [-0.1, -0.05) is 30.3 Å². The molecular formula is C22H21NO7. The second-order valence-electron chi connectivity index (χ2n) is 6.79. The number of hydrogen-bond acceptors (Lipinski definition) is 6. The van der Waals surface area contributed by atoms with Crippen molar-refractivity contribution >= 4 is 16.7 Å². The molecule has 3 aromatic carbocycles. The van der Waals surface area contributed by atoms with Crippen molar-refractivity contribution in [1.29, 1.82) is 0 Å². The maximum atomic E-state index is 12.3. The molecule has 0 heterocycles. The van der Waals surface area contributed by atoms with Crippen LogP contribution < -0.4 is 9.47 Å². The van der Waals surface area contributed by atoms with Gasteiger partial charge in [-0.15, -0.1) is 10.1 Å². The van der Waals surface area contributed by atoms with E-state index in [1.807, 2.05) is 30.3 Å². The Kier molecular flexibility index (Phi) is 6.06. The molecule has 0 aliphatic carbocycles. The van der Waals surface area contributed by atoms with E-state index in [-0.39, 0.29) is 13.2 Å². The molecule has 8 heteroatoms. The fourth-order valence-corrected chi connectivity index (χ4v) is 3.23. The van der Waals surface area contributed by atoms with Crippen molar-refractivity contribution in [1.82, 2.24) is 0 Å². The Bertz CT molecular complexity index is 1060. The number of ether oxygens (including phenoxy) is 2. The first-order chi connectivity index (χ1) is 14.3. The minimum absolute atomic E-state index is 0.00463. The number of carboxylic acid groups (broad SMARTS) is 1. The summed E-state index contributed by atoms with van der Waals surface area (Å²) in [6.07, 6.45) is 0. The van der Waals surface area contributed by atoms with Crippen LogP contribution in [0.3, 0.4) is 0 Å². The lowest BCUT2D eigenvalue weighted by Gasteiger charge is -2.26. The topological polar surface area (TPSA) is 108 Å². The molecule has 0 fully saturated rings. The Labute approximate surface area is 172 Å². The van der Waals surface area contributed by atoms with Gasteiger partial charge in [0, 0.05) is 0 Å². The van der Waals surface area contributed by atoms with E-state index >= 15 is 0 Å². The molecule has 30 heavy (non-hydrogen) atoms. The molecule has 1 N–H and O–H groups in total. The molecule has 0 saturated heterocycles. The van der Waals surface area contributed by atoms with E-state index in [0.29, 0.717) is 16.9 Å². The highest BCUT2D eigenvalue weighted by Crippen LogP contribution is 2.35. The first-order valence-corrected chi connectivity index (χ1v) is 9.17. The standard InChI is InChI=1S/C22H21NO7/c1-22(21(24)25,17-6-9-19(10-7-17)29-11-12-30-23(26)27)18-5-3-16-14-20(28-2)8-4-15(16)13-18/h3-10,13-14H,11-12H2,1-2H3,(H,24,25)/t22-/m0/s1. The van der Waals surface area contributed by atoms with Crippen LogP contribution in [0.25, 0.3) is 10.8 Å². The van der Waals surface area contributed by atoms with Gasteiger partial charge in [0.1, 0.15) is 30.1 Å². The molecule has 1 atom stereocenters. The fourth-order valence-electron chi connectivity index (χ4n) is 3.23. The van der Waals surface area contributed by atoms with Gasteiger partial charge >= 0.3 is 5.97 Å². The number of carbonyl (C=O) groups is 1. The average molecular weight is 411 g/mol. The molecule has 3 rings (SSSR count). The summed E-state index contributed by atoms with van der Waals surface area (Å²) in [7, 11) is 1.60. The van der Waals surface area contributed by atoms with E-state index < -0.39 is 16.5 Å². The Balaban J connectivity index is 1.87. The second-order valence-corrected chi connectivity index (χ2v) is 6.79. The van der Waals surface area contributed by atoms with Crippen LogP contribution in [0, 0.1) is 10.1 Å². The highest BCUT2D eigenvalue weighted by atomic mass is 17.0. The highest BCUT2D eigenvalue weighted by Gasteiger charge is 2.37. The van der Waals surface area contributed by atoms with Gasteiger partial charge in [0.25, 0.3) is 5.09 Å². The lowest BCUT2D eigenvalue weighted by molar-refractivity contribution is -0.757. The second kappa shape index (κ2) is 8.69. The van der Waals surface area contributed by atoms with Crippen LogP contribution >= 0.6 is 0 Å². The third-order valence-electron chi connectivity index (χ3n) is 5.03. The number of benzene rings is 3. The summed E-state index contributed by atoms with van der Waals surface area (Å²) in [6, 6.07) is 17.8. The molecule has 0 spiro atoms. The number of fused-ring (bicyclic) bond motifs is 1. The summed E-state index contributed by atoms with van der Waals surface area (Å²) in [4.78, 5) is 26.6. The monoisotopic (exact) mass is 411 g/mol. The normalized spacial score (nSPS) is 12.7. The van der Waals surface area contributed by atoms with Crippen molar-refractivity contribution in [3.63, 3.8) is 0 Å². The first-order valence-electron chi connectivity index (χ1n) is 9.17. The molecule has 0 saturated carbocycles. The third kappa shape index (κ3) is 4.27. The molecule has 3 aromatic rings. The predicted molar refractivity (Wildman–Crippen MR) is 109 cm³/mol. The molecule has 8 nitrogen and oxygen atoms in total. The number of methoxy groups -OCH3 is 1. The summed E-state index contributed by atoms with van der Waals surface area (Å²) < 4.78 is 10.6. The van der Waals surface area contributed by atoms with Crippen LogP contribution in [0.1, 0.15) is 18.1 Å². The van der Waals surface area contributed by atoms with Crippen LogP contribution in [0.4, 0.5) is 0 Å². The lowest BCUT2D eigenvalue weighted by atomic mass is 9.76. The van der Waals surface area contributed by atoms with Crippen molar-refractivity contribution < 1.29 is 29.3 Å². The van der Waals surface area contributed by atoms with Gasteiger partial charge < -0.3 is 19.4 Å². The molecule has 0 aromatic heterocycles. The van der Waals surface area contributed by atoms with Crippen LogP contribution in [-0.4, -0.2) is 36.5 Å². The minimum Gasteiger partial charge on any atom is -0.497 e. The summed E-state index contributed by atoms with van der Waals surface area (Å²) in [5.74, 6) is 0.211. The Morgan fingerprint density at radius 3 is 2.20 bits per heavy atom. The first kappa shape index (κ1) is 20.9. The van der Waals surface area contributed by atoms with Gasteiger partial charge in [-0.2, -0.15) is 0 Å². The highest BCUT2D eigenvalue weighted by molar-refractivity contribution is 5.90. The summed E-state index contributed by atoms with van der Waals surface area (Å²) in [5.41, 5.74) is -0.0565. The molecule has 0 radical (unpaired) electrons. The zero-order valence-electron chi connectivity index (χ0n) is 16.5. The number of hydrogen-bond donors (Lipinski definition) is 1. The molecule has 156 valence electrons. The number of rotatable bonds is 9. The third-order valence-corrected chi connectivity index (χ3v) is 5.03. The van der Waals surface area contributed by atoms with Gasteiger partial charge in [-0.05, 0) is 59.2 Å². The van der Waals surface area contributed by atoms with E-state index in [4.69, 9.17) is 9.47 Å². The van der Waals surface area contributed by atoms with Crippen LogP contribution in [-0.2, 0) is 15.0 Å². The maximum Gasteiger partial charge on any atom is 0.318 e. The molecule has 0 bridgehead atoms. The lowest BCUT2D eigenvalue weighted by Crippen LogP contribution is -2.33. The molecular weight excluding hydrogens is 390 g/mol. The van der Waals surface area contributed by atoms with E-state index in [2.05, 4.69) is 4.84 Å². The van der Waals surface area contributed by atoms with Crippen molar-refractivity contribution in [3.8, 4) is 11.5 Å². The van der Waals surface area contributed by atoms with Gasteiger partial charge in [-0.25, -0.2) is 0 Å². The SMILES string of the molecule is COc1ccc2cc([C@@](C)(C(=O)O)c3ccc(OCCO[N+](=O)[O-])cc3)ccc2c1. The minimum atomic E-state index is -1.28. The van der Waals surface area contributed by atoms with Crippen molar-refractivity contribution in [2.75, 3.05) is 20.3 Å². The van der Waals surface area contributed by atoms with Crippen LogP contribution in [0.5, 0.6) is 11.5 Å². The van der Waals surface area contributed by atoms with Crippen molar-refractivity contribution in [3.05, 3.63) is 81.9 Å². The fraction of sp³-hybridized carbons (Fsp3) is 0.227. The Hall–Kier alpha value is -3.81. The van der Waals surface area contributed by atoms with E-state index in [1.54, 1.807) is 44.4 Å². The zero-order chi connectivity index (χ0) is 21.7. The van der Waals surface area contributed by atoms with E-state index in [1.165, 1.54) is 0 Å². The molecule has 0 amide bonds. The predicted octanol–water partition coefficient (Wildman–Crippen LogP) is 3.83. The number of nitrogens with zero attached hydrogens (tertiary/aromatic N) is 1. The Morgan fingerprint density at radius 2 is 1.57 bits per heavy atom.